The minimum absolute atomic E-state index is 0.0126. The van der Waals surface area contributed by atoms with E-state index in [9.17, 15) is 8.42 Å². The summed E-state index contributed by atoms with van der Waals surface area (Å²) in [4.78, 5) is 0.0517. The first-order chi connectivity index (χ1) is 8.87. The highest BCUT2D eigenvalue weighted by atomic mass is 35.5. The van der Waals surface area contributed by atoms with Crippen LogP contribution in [0.15, 0.2) is 17.0 Å². The summed E-state index contributed by atoms with van der Waals surface area (Å²) in [7, 11) is -3.61. The fourth-order valence-corrected chi connectivity index (χ4v) is 4.96. The smallest absolute Gasteiger partial charge is 0.244 e. The van der Waals surface area contributed by atoms with E-state index in [-0.39, 0.29) is 22.5 Å². The number of rotatable bonds is 3. The quantitative estimate of drug-likeness (QED) is 0.930. The summed E-state index contributed by atoms with van der Waals surface area (Å²) in [5.41, 5.74) is 6.10. The van der Waals surface area contributed by atoms with E-state index in [2.05, 4.69) is 0 Å². The average molecular weight is 323 g/mol. The Hall–Kier alpha value is -0.330. The van der Waals surface area contributed by atoms with Crippen molar-refractivity contribution in [2.45, 2.75) is 37.2 Å². The van der Waals surface area contributed by atoms with Crippen LogP contribution < -0.4 is 5.73 Å². The van der Waals surface area contributed by atoms with Gasteiger partial charge in [-0.25, -0.2) is 8.42 Å². The van der Waals surface area contributed by atoms with Gasteiger partial charge in [0.25, 0.3) is 0 Å². The SMILES string of the molecule is CC1CCCN1S(=O)(=O)c1cc(Cl)cc(CN)c1Cl. The van der Waals surface area contributed by atoms with Crippen molar-refractivity contribution < 1.29 is 8.42 Å². The number of nitrogens with zero attached hydrogens (tertiary/aromatic N) is 1. The van der Waals surface area contributed by atoms with E-state index in [0.29, 0.717) is 17.1 Å². The molecule has 0 bridgehead atoms. The summed E-state index contributed by atoms with van der Waals surface area (Å²) in [5.74, 6) is 0. The molecule has 1 aromatic carbocycles. The molecule has 2 N–H and O–H groups in total. The van der Waals surface area contributed by atoms with Crippen LogP contribution in [0.3, 0.4) is 0 Å². The van der Waals surface area contributed by atoms with Crippen LogP contribution in [-0.2, 0) is 16.6 Å². The van der Waals surface area contributed by atoms with Crippen molar-refractivity contribution in [3.05, 3.63) is 27.7 Å². The van der Waals surface area contributed by atoms with Crippen LogP contribution in [0.1, 0.15) is 25.3 Å². The molecule has 4 nitrogen and oxygen atoms in total. The summed E-state index contributed by atoms with van der Waals surface area (Å²) in [6, 6.07) is 2.97. The molecule has 2 rings (SSSR count). The van der Waals surface area contributed by atoms with Crippen molar-refractivity contribution in [3.8, 4) is 0 Å². The second-order valence-electron chi connectivity index (χ2n) is 4.69. The van der Waals surface area contributed by atoms with Gasteiger partial charge in [0.1, 0.15) is 4.90 Å². The summed E-state index contributed by atoms with van der Waals surface area (Å²) < 4.78 is 26.7. The summed E-state index contributed by atoms with van der Waals surface area (Å²) in [5, 5.41) is 0.501. The van der Waals surface area contributed by atoms with E-state index >= 15 is 0 Å². The topological polar surface area (TPSA) is 63.4 Å². The standard InChI is InChI=1S/C12H16Cl2N2O2S/c1-8-3-2-4-16(8)19(17,18)11-6-10(13)5-9(7-15)12(11)14/h5-6,8H,2-4,7,15H2,1H3. The van der Waals surface area contributed by atoms with Crippen molar-refractivity contribution in [2.24, 2.45) is 5.73 Å². The van der Waals surface area contributed by atoms with Crippen LogP contribution >= 0.6 is 23.2 Å². The lowest BCUT2D eigenvalue weighted by atomic mass is 10.2. The third-order valence-electron chi connectivity index (χ3n) is 3.38. The molecule has 1 aromatic rings. The van der Waals surface area contributed by atoms with Gasteiger partial charge in [-0.15, -0.1) is 0 Å². The fourth-order valence-electron chi connectivity index (χ4n) is 2.34. The minimum atomic E-state index is -3.61. The molecule has 1 fully saturated rings. The second kappa shape index (κ2) is 5.58. The molecule has 1 unspecified atom stereocenters. The zero-order valence-corrected chi connectivity index (χ0v) is 12.9. The molecule has 106 valence electrons. The molecule has 0 aliphatic carbocycles. The van der Waals surface area contributed by atoms with E-state index in [1.807, 2.05) is 6.92 Å². The Morgan fingerprint density at radius 3 is 2.63 bits per heavy atom. The van der Waals surface area contributed by atoms with Gasteiger partial charge in [0.05, 0.1) is 5.02 Å². The maximum absolute atomic E-state index is 12.6. The number of sulfonamides is 1. The van der Waals surface area contributed by atoms with Gasteiger partial charge in [0, 0.05) is 24.2 Å². The monoisotopic (exact) mass is 322 g/mol. The van der Waals surface area contributed by atoms with Gasteiger partial charge in [-0.05, 0) is 37.5 Å². The van der Waals surface area contributed by atoms with Crippen LogP contribution in [0.5, 0.6) is 0 Å². The predicted octanol–water partition coefficient (Wildman–Crippen LogP) is 2.63. The van der Waals surface area contributed by atoms with E-state index in [1.165, 1.54) is 10.4 Å². The maximum Gasteiger partial charge on any atom is 0.244 e. The number of halogens is 2. The predicted molar refractivity (Wildman–Crippen MR) is 76.9 cm³/mol. The Morgan fingerprint density at radius 1 is 1.42 bits per heavy atom. The molecule has 0 saturated carbocycles. The Bertz CT molecular complexity index is 590. The van der Waals surface area contributed by atoms with Crippen LogP contribution in [-0.4, -0.2) is 25.3 Å². The molecule has 1 heterocycles. The van der Waals surface area contributed by atoms with Gasteiger partial charge < -0.3 is 5.73 Å². The Balaban J connectivity index is 2.54. The van der Waals surface area contributed by atoms with Gasteiger partial charge >= 0.3 is 0 Å². The van der Waals surface area contributed by atoms with Gasteiger partial charge in [-0.1, -0.05) is 23.2 Å². The van der Waals surface area contributed by atoms with Crippen LogP contribution in [0, 0.1) is 0 Å². The molecule has 0 radical (unpaired) electrons. The largest absolute Gasteiger partial charge is 0.326 e. The highest BCUT2D eigenvalue weighted by Gasteiger charge is 2.34. The molecule has 19 heavy (non-hydrogen) atoms. The summed E-state index contributed by atoms with van der Waals surface area (Å²) in [6.45, 7) is 2.56. The zero-order chi connectivity index (χ0) is 14.2. The van der Waals surface area contributed by atoms with Crippen LogP contribution in [0.4, 0.5) is 0 Å². The lowest BCUT2D eigenvalue weighted by Crippen LogP contribution is -2.34. The van der Waals surface area contributed by atoms with Crippen LogP contribution in [0.25, 0.3) is 0 Å². The molecule has 0 aromatic heterocycles. The highest BCUT2D eigenvalue weighted by molar-refractivity contribution is 7.89. The zero-order valence-electron chi connectivity index (χ0n) is 10.6. The molecule has 7 heteroatoms. The van der Waals surface area contributed by atoms with Gasteiger partial charge in [0.2, 0.25) is 10.0 Å². The minimum Gasteiger partial charge on any atom is -0.326 e. The number of nitrogens with two attached hydrogens (primary N) is 1. The van der Waals surface area contributed by atoms with Crippen molar-refractivity contribution in [3.63, 3.8) is 0 Å². The molecule has 1 saturated heterocycles. The lowest BCUT2D eigenvalue weighted by molar-refractivity contribution is 0.408. The van der Waals surface area contributed by atoms with Crippen molar-refractivity contribution in [2.75, 3.05) is 6.54 Å². The number of hydrogen-bond donors (Lipinski definition) is 1. The van der Waals surface area contributed by atoms with E-state index in [4.69, 9.17) is 28.9 Å². The molecule has 1 aliphatic heterocycles. The molecular weight excluding hydrogens is 307 g/mol. The van der Waals surface area contributed by atoms with Crippen molar-refractivity contribution >= 4 is 33.2 Å². The maximum atomic E-state index is 12.6. The molecular formula is C12H16Cl2N2O2S. The van der Waals surface area contributed by atoms with E-state index in [1.54, 1.807) is 6.07 Å². The van der Waals surface area contributed by atoms with E-state index in [0.717, 1.165) is 12.8 Å². The Kier molecular flexibility index (Phi) is 4.42. The molecule has 0 spiro atoms. The Morgan fingerprint density at radius 2 is 2.11 bits per heavy atom. The van der Waals surface area contributed by atoms with Crippen molar-refractivity contribution in [1.82, 2.24) is 4.31 Å². The number of hydrogen-bond acceptors (Lipinski definition) is 3. The third-order valence-corrected chi connectivity index (χ3v) is 6.19. The molecule has 0 amide bonds. The first-order valence-corrected chi connectivity index (χ1v) is 8.27. The van der Waals surface area contributed by atoms with Gasteiger partial charge in [0.15, 0.2) is 0 Å². The van der Waals surface area contributed by atoms with Gasteiger partial charge in [-0.3, -0.25) is 0 Å². The first-order valence-electron chi connectivity index (χ1n) is 6.07. The van der Waals surface area contributed by atoms with Crippen molar-refractivity contribution in [1.29, 1.82) is 0 Å². The fraction of sp³-hybridized carbons (Fsp3) is 0.500. The molecule has 1 aliphatic rings. The molecule has 1 atom stereocenters. The van der Waals surface area contributed by atoms with Crippen LogP contribution in [0.2, 0.25) is 10.0 Å². The highest BCUT2D eigenvalue weighted by Crippen LogP contribution is 2.34. The Labute approximate surface area is 123 Å². The number of benzene rings is 1. The van der Waals surface area contributed by atoms with E-state index < -0.39 is 10.0 Å². The second-order valence-corrected chi connectivity index (χ2v) is 7.36. The van der Waals surface area contributed by atoms with Gasteiger partial charge in [-0.2, -0.15) is 4.31 Å². The lowest BCUT2D eigenvalue weighted by Gasteiger charge is -2.22. The first kappa shape index (κ1) is 15.1. The summed E-state index contributed by atoms with van der Waals surface area (Å²) >= 11 is 12.1. The summed E-state index contributed by atoms with van der Waals surface area (Å²) in [6.07, 6.45) is 1.73. The average Bonchev–Trinajstić information content (AvgIpc) is 2.78. The third kappa shape index (κ3) is 2.76. The normalized spacial score (nSPS) is 20.9.